The Hall–Kier alpha value is -4.13. The molecule has 1 aromatic heterocycles. The molecule has 1 aliphatic heterocycles. The van der Waals surface area contributed by atoms with E-state index in [1.807, 2.05) is 24.3 Å². The van der Waals surface area contributed by atoms with Gasteiger partial charge in [0.25, 0.3) is 0 Å². The fraction of sp³-hybridized carbons (Fsp3) is 0.519. The molecule has 4 atom stereocenters. The number of hydrogen-bond donors (Lipinski definition) is 7. The first-order valence-electron chi connectivity index (χ1n) is 13.5. The highest BCUT2D eigenvalue weighted by molar-refractivity contribution is 5.95. The molecule has 1 aliphatic rings. The Bertz CT molecular complexity index is 1240. The Balaban J connectivity index is 1.76. The molecule has 13 nitrogen and oxygen atoms in total. The van der Waals surface area contributed by atoms with Crippen molar-refractivity contribution in [2.24, 2.45) is 28.1 Å². The van der Waals surface area contributed by atoms with Gasteiger partial charge >= 0.3 is 5.97 Å². The fourth-order valence-corrected chi connectivity index (χ4v) is 4.92. The number of para-hydroxylation sites is 1. The number of benzene rings is 1. The molecule has 218 valence electrons. The van der Waals surface area contributed by atoms with Gasteiger partial charge in [-0.3, -0.25) is 19.4 Å². The number of H-pyrrole nitrogens is 1. The second-order valence-electron chi connectivity index (χ2n) is 10.4. The summed E-state index contributed by atoms with van der Waals surface area (Å²) >= 11 is 0. The SMILES string of the molecule is CC(C)C(NC(=O)C(Cc1c[nH]c2ccccc12)NC(=O)C1CCCN1C(=O)C(N)CCCN=C(N)N)C(=O)O. The van der Waals surface area contributed by atoms with E-state index in [2.05, 4.69) is 20.6 Å². The summed E-state index contributed by atoms with van der Waals surface area (Å²) in [5, 5.41) is 15.8. The lowest BCUT2D eigenvalue weighted by molar-refractivity contribution is -0.144. The quantitative estimate of drug-likeness (QED) is 0.0991. The summed E-state index contributed by atoms with van der Waals surface area (Å²) < 4.78 is 0. The Morgan fingerprint density at radius 3 is 2.58 bits per heavy atom. The first-order valence-corrected chi connectivity index (χ1v) is 13.5. The largest absolute Gasteiger partial charge is 0.480 e. The number of aromatic nitrogens is 1. The normalized spacial score (nSPS) is 17.3. The zero-order chi connectivity index (χ0) is 29.4. The van der Waals surface area contributed by atoms with Crippen LogP contribution in [0.15, 0.2) is 35.5 Å². The molecule has 3 amide bonds. The van der Waals surface area contributed by atoms with Crippen molar-refractivity contribution in [3.8, 4) is 0 Å². The number of carboxylic acids is 1. The minimum Gasteiger partial charge on any atom is -0.480 e. The number of carboxylic acid groups (broad SMARTS) is 1. The molecular weight excluding hydrogens is 516 g/mol. The number of carbonyl (C=O) groups is 4. The Morgan fingerprint density at radius 1 is 1.18 bits per heavy atom. The Labute approximate surface area is 232 Å². The van der Waals surface area contributed by atoms with Gasteiger partial charge in [0, 0.05) is 36.6 Å². The zero-order valence-electron chi connectivity index (χ0n) is 22.9. The molecule has 0 saturated carbocycles. The summed E-state index contributed by atoms with van der Waals surface area (Å²) in [6.45, 7) is 4.08. The number of nitrogens with one attached hydrogen (secondary N) is 3. The number of carbonyl (C=O) groups excluding carboxylic acids is 3. The topological polar surface area (TPSA) is 222 Å². The van der Waals surface area contributed by atoms with Gasteiger partial charge in [0.2, 0.25) is 17.7 Å². The van der Waals surface area contributed by atoms with Crippen molar-refractivity contribution >= 4 is 40.6 Å². The predicted molar refractivity (Wildman–Crippen MR) is 151 cm³/mol. The van der Waals surface area contributed by atoms with Crippen molar-refractivity contribution in [3.05, 3.63) is 36.0 Å². The van der Waals surface area contributed by atoms with Gasteiger partial charge in [-0.25, -0.2) is 4.79 Å². The number of aliphatic imine (C=N–C) groups is 1. The van der Waals surface area contributed by atoms with E-state index in [4.69, 9.17) is 17.2 Å². The van der Waals surface area contributed by atoms with Gasteiger partial charge in [-0.1, -0.05) is 32.0 Å². The molecule has 0 spiro atoms. The third kappa shape index (κ3) is 7.72. The number of aromatic amines is 1. The summed E-state index contributed by atoms with van der Waals surface area (Å²) in [4.78, 5) is 60.2. The highest BCUT2D eigenvalue weighted by Gasteiger charge is 2.38. The second-order valence-corrected chi connectivity index (χ2v) is 10.4. The first kappa shape index (κ1) is 30.4. The molecule has 1 fully saturated rings. The lowest BCUT2D eigenvalue weighted by atomic mass is 10.0. The summed E-state index contributed by atoms with van der Waals surface area (Å²) in [6, 6.07) is 3.73. The van der Waals surface area contributed by atoms with Crippen LogP contribution in [0.3, 0.4) is 0 Å². The number of nitrogens with two attached hydrogens (primary N) is 3. The van der Waals surface area contributed by atoms with E-state index in [0.29, 0.717) is 38.8 Å². The average molecular weight is 557 g/mol. The van der Waals surface area contributed by atoms with Crippen LogP contribution in [0.25, 0.3) is 10.9 Å². The van der Waals surface area contributed by atoms with E-state index in [1.54, 1.807) is 20.0 Å². The number of fused-ring (bicyclic) bond motifs is 1. The van der Waals surface area contributed by atoms with Gasteiger partial charge in [-0.15, -0.1) is 0 Å². The van der Waals surface area contributed by atoms with Crippen molar-refractivity contribution in [1.82, 2.24) is 20.5 Å². The standard InChI is InChI=1S/C27H40N8O5/c1-15(2)22(26(39)40)34-23(36)20(13-16-14-32-19-9-4-3-7-17(16)19)33-24(37)21-10-6-12-35(21)25(38)18(28)8-5-11-31-27(29)30/h3-4,7,9,14-15,18,20-22,32H,5-6,8,10-13,28H2,1-2H3,(H,33,37)(H,34,36)(H,39,40)(H4,29,30,31). The minimum absolute atomic E-state index is 0.0366. The zero-order valence-corrected chi connectivity index (χ0v) is 22.9. The molecule has 1 saturated heterocycles. The van der Waals surface area contributed by atoms with E-state index in [9.17, 15) is 24.3 Å². The second kappa shape index (κ2) is 13.8. The lowest BCUT2D eigenvalue weighted by Crippen LogP contribution is -2.57. The molecule has 0 aliphatic carbocycles. The maximum Gasteiger partial charge on any atom is 0.326 e. The van der Waals surface area contributed by atoms with E-state index >= 15 is 0 Å². The molecule has 10 N–H and O–H groups in total. The maximum absolute atomic E-state index is 13.5. The highest BCUT2D eigenvalue weighted by Crippen LogP contribution is 2.22. The maximum atomic E-state index is 13.5. The van der Waals surface area contributed by atoms with Gasteiger partial charge < -0.3 is 42.8 Å². The van der Waals surface area contributed by atoms with Gasteiger partial charge in [0.05, 0.1) is 6.04 Å². The summed E-state index contributed by atoms with van der Waals surface area (Å²) in [5.41, 5.74) is 18.4. The van der Waals surface area contributed by atoms with Crippen molar-refractivity contribution in [3.63, 3.8) is 0 Å². The number of guanidine groups is 1. The highest BCUT2D eigenvalue weighted by atomic mass is 16.4. The van der Waals surface area contributed by atoms with Gasteiger partial charge in [-0.05, 0) is 43.2 Å². The van der Waals surface area contributed by atoms with Crippen LogP contribution in [0.4, 0.5) is 0 Å². The molecule has 4 unspecified atom stereocenters. The lowest BCUT2D eigenvalue weighted by Gasteiger charge is -2.29. The summed E-state index contributed by atoms with van der Waals surface area (Å²) in [6.07, 6.45) is 3.76. The van der Waals surface area contributed by atoms with Gasteiger partial charge in [0.1, 0.15) is 18.1 Å². The van der Waals surface area contributed by atoms with Crippen molar-refractivity contribution < 1.29 is 24.3 Å². The predicted octanol–water partition coefficient (Wildman–Crippen LogP) is -0.207. The van der Waals surface area contributed by atoms with Crippen LogP contribution in [0, 0.1) is 5.92 Å². The van der Waals surface area contributed by atoms with E-state index in [-0.39, 0.29) is 24.2 Å². The molecule has 0 radical (unpaired) electrons. The van der Waals surface area contributed by atoms with Crippen LogP contribution in [0.5, 0.6) is 0 Å². The van der Waals surface area contributed by atoms with Crippen LogP contribution in [-0.4, -0.2) is 81.9 Å². The van der Waals surface area contributed by atoms with Crippen LogP contribution in [0.2, 0.25) is 0 Å². The number of nitrogens with zero attached hydrogens (tertiary/aromatic N) is 2. The molecule has 2 heterocycles. The first-order chi connectivity index (χ1) is 19.0. The Morgan fingerprint density at radius 2 is 1.90 bits per heavy atom. The monoisotopic (exact) mass is 556 g/mol. The van der Waals surface area contributed by atoms with Crippen LogP contribution in [0.1, 0.15) is 45.1 Å². The molecule has 1 aromatic carbocycles. The van der Waals surface area contributed by atoms with Crippen molar-refractivity contribution in [2.75, 3.05) is 13.1 Å². The molecule has 40 heavy (non-hydrogen) atoms. The van der Waals surface area contributed by atoms with Crippen molar-refractivity contribution in [1.29, 1.82) is 0 Å². The molecule has 3 rings (SSSR count). The number of rotatable bonds is 13. The molecule has 2 aromatic rings. The van der Waals surface area contributed by atoms with E-state index in [1.165, 1.54) is 4.90 Å². The average Bonchev–Trinajstić information content (AvgIpc) is 3.56. The minimum atomic E-state index is -1.16. The third-order valence-corrected chi connectivity index (χ3v) is 7.09. The summed E-state index contributed by atoms with van der Waals surface area (Å²) in [5.74, 6) is -3.04. The Kier molecular flexibility index (Phi) is 10.5. The van der Waals surface area contributed by atoms with Gasteiger partial charge in [-0.2, -0.15) is 0 Å². The fourth-order valence-electron chi connectivity index (χ4n) is 4.92. The number of aliphatic carboxylic acids is 1. The van der Waals surface area contributed by atoms with Crippen molar-refractivity contribution in [2.45, 2.75) is 70.1 Å². The van der Waals surface area contributed by atoms with Crippen LogP contribution < -0.4 is 27.8 Å². The molecule has 0 bridgehead atoms. The van der Waals surface area contributed by atoms with Crippen LogP contribution >= 0.6 is 0 Å². The smallest absolute Gasteiger partial charge is 0.326 e. The van der Waals surface area contributed by atoms with E-state index in [0.717, 1.165) is 16.5 Å². The number of likely N-dealkylation sites (tertiary alicyclic amines) is 1. The molecular formula is C27H40N8O5. The number of amides is 3. The van der Waals surface area contributed by atoms with Crippen LogP contribution in [-0.2, 0) is 25.6 Å². The molecule has 13 heteroatoms. The number of hydrogen-bond acceptors (Lipinski definition) is 6. The van der Waals surface area contributed by atoms with E-state index < -0.39 is 42.0 Å². The third-order valence-electron chi connectivity index (χ3n) is 7.09. The van der Waals surface area contributed by atoms with Gasteiger partial charge in [0.15, 0.2) is 5.96 Å². The summed E-state index contributed by atoms with van der Waals surface area (Å²) in [7, 11) is 0.